The van der Waals surface area contributed by atoms with Crippen LogP contribution in [0.3, 0.4) is 0 Å². The molecule has 1 heterocycles. The second-order valence-corrected chi connectivity index (χ2v) is 9.03. The summed E-state index contributed by atoms with van der Waals surface area (Å²) in [5.74, 6) is -1.07. The minimum atomic E-state index is -0.810. The predicted octanol–water partition coefficient (Wildman–Crippen LogP) is 0.902. The minimum absolute atomic E-state index is 0.133. The Morgan fingerprint density at radius 2 is 1.71 bits per heavy atom. The summed E-state index contributed by atoms with van der Waals surface area (Å²) in [6, 6.07) is -2.29. The smallest absolute Gasteiger partial charge is 0.245 e. The number of carbonyl (C=O) groups excluding carboxylic acids is 4. The van der Waals surface area contributed by atoms with E-state index in [1.54, 1.807) is 13.8 Å². The summed E-state index contributed by atoms with van der Waals surface area (Å²) in [4.78, 5) is 52.8. The van der Waals surface area contributed by atoms with Crippen molar-refractivity contribution in [1.29, 1.82) is 0 Å². The highest BCUT2D eigenvalue weighted by molar-refractivity contribution is 5.93. The van der Waals surface area contributed by atoms with Crippen molar-refractivity contribution >= 4 is 23.6 Å². The predicted molar refractivity (Wildman–Crippen MR) is 118 cm³/mol. The first-order chi connectivity index (χ1) is 14.4. The summed E-state index contributed by atoms with van der Waals surface area (Å²) < 4.78 is 5.58. The molecule has 2 unspecified atom stereocenters. The molecule has 1 saturated heterocycles. The first-order valence-corrected chi connectivity index (χ1v) is 11.1. The van der Waals surface area contributed by atoms with Crippen molar-refractivity contribution in [1.82, 2.24) is 15.1 Å². The molecule has 1 aliphatic heterocycles. The van der Waals surface area contributed by atoms with Gasteiger partial charge in [-0.3, -0.25) is 19.2 Å². The molecule has 4 amide bonds. The maximum absolute atomic E-state index is 13.0. The number of likely N-dealkylation sites (N-methyl/N-ethyl adjacent to an activating group) is 2. The van der Waals surface area contributed by atoms with E-state index in [2.05, 4.69) is 5.32 Å². The number of primary amides is 1. The fourth-order valence-electron chi connectivity index (χ4n) is 3.75. The van der Waals surface area contributed by atoms with Gasteiger partial charge in [0.1, 0.15) is 18.1 Å². The summed E-state index contributed by atoms with van der Waals surface area (Å²) >= 11 is 0. The van der Waals surface area contributed by atoms with Crippen molar-refractivity contribution in [2.75, 3.05) is 20.7 Å². The lowest BCUT2D eigenvalue weighted by atomic mass is 10.0. The summed E-state index contributed by atoms with van der Waals surface area (Å²) in [7, 11) is 3.05. The largest absolute Gasteiger partial charge is 0.377 e. The van der Waals surface area contributed by atoms with Gasteiger partial charge in [-0.2, -0.15) is 0 Å². The van der Waals surface area contributed by atoms with Gasteiger partial charge in [-0.1, -0.05) is 27.7 Å². The van der Waals surface area contributed by atoms with Crippen LogP contribution in [0.4, 0.5) is 0 Å². The van der Waals surface area contributed by atoms with E-state index < -0.39 is 24.0 Å². The average Bonchev–Trinajstić information content (AvgIpc) is 3.11. The molecule has 1 rings (SSSR count). The fourth-order valence-corrected chi connectivity index (χ4v) is 3.75. The highest BCUT2D eigenvalue weighted by atomic mass is 16.5. The standard InChI is InChI=1S/C22H40N4O5/c1-8-16(24-19(27)12-18-14(4)9-10-31-18)22(30)25(6)15(5)21(29)26(7)17(20(23)28)11-13(2)3/h13-18H,8-12H2,1-7H3,(H2,23,28)(H,24,27)/t14-,15-,16?,17?,18-/m1/s1. The third-order valence-electron chi connectivity index (χ3n) is 6.09. The van der Waals surface area contributed by atoms with Crippen molar-refractivity contribution in [2.45, 2.75) is 84.5 Å². The van der Waals surface area contributed by atoms with E-state index in [0.717, 1.165) is 6.42 Å². The zero-order valence-electron chi connectivity index (χ0n) is 20.0. The van der Waals surface area contributed by atoms with Crippen LogP contribution in [-0.2, 0) is 23.9 Å². The number of nitrogens with two attached hydrogens (primary N) is 1. The van der Waals surface area contributed by atoms with Crippen molar-refractivity contribution < 1.29 is 23.9 Å². The van der Waals surface area contributed by atoms with E-state index in [-0.39, 0.29) is 36.2 Å². The van der Waals surface area contributed by atoms with Gasteiger partial charge >= 0.3 is 0 Å². The molecule has 5 atom stereocenters. The van der Waals surface area contributed by atoms with Gasteiger partial charge in [0.15, 0.2) is 0 Å². The minimum Gasteiger partial charge on any atom is -0.377 e. The van der Waals surface area contributed by atoms with Crippen LogP contribution in [0.1, 0.15) is 60.3 Å². The molecule has 1 fully saturated rings. The summed E-state index contributed by atoms with van der Waals surface area (Å²) in [6.07, 6.45) is 1.83. The normalized spacial score (nSPS) is 21.3. The second kappa shape index (κ2) is 12.0. The lowest BCUT2D eigenvalue weighted by Crippen LogP contribution is -2.56. The average molecular weight is 441 g/mol. The molecule has 0 spiro atoms. The van der Waals surface area contributed by atoms with Crippen LogP contribution in [0.2, 0.25) is 0 Å². The van der Waals surface area contributed by atoms with Crippen molar-refractivity contribution in [2.24, 2.45) is 17.6 Å². The van der Waals surface area contributed by atoms with Gasteiger partial charge in [0, 0.05) is 20.7 Å². The van der Waals surface area contributed by atoms with E-state index in [0.29, 0.717) is 25.4 Å². The van der Waals surface area contributed by atoms with Gasteiger partial charge in [0.2, 0.25) is 23.6 Å². The van der Waals surface area contributed by atoms with E-state index in [1.165, 1.54) is 23.9 Å². The number of carbonyl (C=O) groups is 4. The van der Waals surface area contributed by atoms with Gasteiger partial charge in [-0.25, -0.2) is 0 Å². The Kier molecular flexibility index (Phi) is 10.4. The maximum Gasteiger partial charge on any atom is 0.245 e. The second-order valence-electron chi connectivity index (χ2n) is 9.03. The number of nitrogens with one attached hydrogen (secondary N) is 1. The molecule has 9 nitrogen and oxygen atoms in total. The van der Waals surface area contributed by atoms with Crippen molar-refractivity contribution in [3.8, 4) is 0 Å². The first-order valence-electron chi connectivity index (χ1n) is 11.1. The Morgan fingerprint density at radius 3 is 2.16 bits per heavy atom. The zero-order chi connectivity index (χ0) is 23.9. The number of hydrogen-bond acceptors (Lipinski definition) is 5. The van der Waals surface area contributed by atoms with Gasteiger partial charge in [-0.05, 0) is 38.0 Å². The Hall–Kier alpha value is -2.16. The monoisotopic (exact) mass is 440 g/mol. The Bertz CT molecular complexity index is 654. The molecule has 178 valence electrons. The quantitative estimate of drug-likeness (QED) is 0.494. The van der Waals surface area contributed by atoms with Crippen molar-refractivity contribution in [3.63, 3.8) is 0 Å². The summed E-state index contributed by atoms with van der Waals surface area (Å²) in [6.45, 7) is 9.98. The number of hydrogen-bond donors (Lipinski definition) is 2. The third-order valence-corrected chi connectivity index (χ3v) is 6.09. The van der Waals surface area contributed by atoms with Gasteiger partial charge in [-0.15, -0.1) is 0 Å². The Balaban J connectivity index is 2.77. The molecule has 0 aromatic heterocycles. The van der Waals surface area contributed by atoms with Crippen LogP contribution < -0.4 is 11.1 Å². The number of amides is 4. The molecule has 0 bridgehead atoms. The van der Waals surface area contributed by atoms with Gasteiger partial charge in [0.25, 0.3) is 0 Å². The SMILES string of the molecule is CCC(NC(=O)C[C@H]1OCC[C@H]1C)C(=O)N(C)[C@H](C)C(=O)N(C)C(CC(C)C)C(N)=O. The lowest BCUT2D eigenvalue weighted by molar-refractivity contribution is -0.148. The van der Waals surface area contributed by atoms with E-state index in [9.17, 15) is 19.2 Å². The summed E-state index contributed by atoms with van der Waals surface area (Å²) in [5.41, 5.74) is 5.49. The van der Waals surface area contributed by atoms with Gasteiger partial charge < -0.3 is 25.6 Å². The van der Waals surface area contributed by atoms with Crippen molar-refractivity contribution in [3.05, 3.63) is 0 Å². The molecule has 1 aliphatic rings. The molecule has 0 aromatic carbocycles. The topological polar surface area (TPSA) is 122 Å². The molecule has 0 aromatic rings. The highest BCUT2D eigenvalue weighted by Crippen LogP contribution is 2.22. The zero-order valence-corrected chi connectivity index (χ0v) is 20.0. The van der Waals surface area contributed by atoms with Crippen LogP contribution in [-0.4, -0.2) is 78.4 Å². The summed E-state index contributed by atoms with van der Waals surface area (Å²) in [5, 5.41) is 2.78. The van der Waals surface area contributed by atoms with Crippen LogP contribution in [0, 0.1) is 11.8 Å². The van der Waals surface area contributed by atoms with E-state index in [1.807, 2.05) is 20.8 Å². The van der Waals surface area contributed by atoms with Crippen LogP contribution in [0.5, 0.6) is 0 Å². The third kappa shape index (κ3) is 7.48. The molecule has 0 radical (unpaired) electrons. The van der Waals surface area contributed by atoms with E-state index in [4.69, 9.17) is 10.5 Å². The molecule has 31 heavy (non-hydrogen) atoms. The molecule has 0 aliphatic carbocycles. The molecule has 9 heteroatoms. The maximum atomic E-state index is 13.0. The van der Waals surface area contributed by atoms with E-state index >= 15 is 0 Å². The van der Waals surface area contributed by atoms with Crippen LogP contribution in [0.25, 0.3) is 0 Å². The lowest BCUT2D eigenvalue weighted by Gasteiger charge is -2.34. The Morgan fingerprint density at radius 1 is 1.10 bits per heavy atom. The molecule has 3 N–H and O–H groups in total. The molecular formula is C22H40N4O5. The number of ether oxygens (including phenoxy) is 1. The number of rotatable bonds is 11. The van der Waals surface area contributed by atoms with Gasteiger partial charge in [0.05, 0.1) is 12.5 Å². The fraction of sp³-hybridized carbons (Fsp3) is 0.818. The number of nitrogens with zero attached hydrogens (tertiary/aromatic N) is 2. The highest BCUT2D eigenvalue weighted by Gasteiger charge is 2.34. The first kappa shape index (κ1) is 26.9. The molecule has 0 saturated carbocycles. The molecular weight excluding hydrogens is 400 g/mol. The van der Waals surface area contributed by atoms with Crippen LogP contribution >= 0.6 is 0 Å². The van der Waals surface area contributed by atoms with Crippen LogP contribution in [0.15, 0.2) is 0 Å². The Labute approximate surface area is 186 Å².